The highest BCUT2D eigenvalue weighted by atomic mass is 35.5. The average Bonchev–Trinajstić information content (AvgIpc) is 3.10. The number of amides is 2. The van der Waals surface area contributed by atoms with Crippen LogP contribution in [0.4, 0.5) is 16.2 Å². The highest BCUT2D eigenvalue weighted by Gasteiger charge is 2.08. The maximum Gasteiger partial charge on any atom is 0.323 e. The van der Waals surface area contributed by atoms with Crippen LogP contribution < -0.4 is 15.4 Å². The van der Waals surface area contributed by atoms with Gasteiger partial charge in [0, 0.05) is 17.4 Å². The third-order valence-electron chi connectivity index (χ3n) is 4.31. The molecule has 0 unspecified atom stereocenters. The van der Waals surface area contributed by atoms with E-state index in [-0.39, 0.29) is 0 Å². The second kappa shape index (κ2) is 8.85. The second-order valence-corrected chi connectivity index (χ2v) is 7.16. The van der Waals surface area contributed by atoms with E-state index in [4.69, 9.17) is 16.3 Å². The predicted molar refractivity (Wildman–Crippen MR) is 119 cm³/mol. The van der Waals surface area contributed by atoms with Crippen molar-refractivity contribution < 1.29 is 9.53 Å². The topological polar surface area (TPSA) is 94.0 Å². The van der Waals surface area contributed by atoms with Crippen LogP contribution in [0.2, 0.25) is 5.02 Å². The van der Waals surface area contributed by atoms with Crippen LogP contribution in [-0.2, 0) is 0 Å². The number of ether oxygens (including phenoxy) is 1. The van der Waals surface area contributed by atoms with E-state index in [0.717, 1.165) is 11.4 Å². The normalized spacial score (nSPS) is 10.5. The van der Waals surface area contributed by atoms with Crippen molar-refractivity contribution in [3.8, 4) is 17.4 Å². The lowest BCUT2D eigenvalue weighted by Gasteiger charge is -2.10. The molecule has 0 radical (unpaired) electrons. The number of nitrogens with zero attached hydrogens (tertiary/aromatic N) is 4. The van der Waals surface area contributed by atoms with Crippen LogP contribution in [0, 0.1) is 13.8 Å². The minimum atomic E-state index is -0.396. The Balaban J connectivity index is 1.36. The first-order valence-electron chi connectivity index (χ1n) is 9.46. The fourth-order valence-corrected chi connectivity index (χ4v) is 3.10. The molecule has 9 heteroatoms. The number of carbonyl (C=O) groups is 1. The number of para-hydroxylation sites is 1. The number of benzene rings is 2. The molecule has 0 fully saturated rings. The van der Waals surface area contributed by atoms with Crippen molar-refractivity contribution in [1.29, 1.82) is 0 Å². The summed E-state index contributed by atoms with van der Waals surface area (Å²) in [5.41, 5.74) is 3.02. The Kier molecular flexibility index (Phi) is 5.81. The minimum Gasteiger partial charge on any atom is -0.438 e. The average molecular weight is 435 g/mol. The molecule has 0 saturated heterocycles. The van der Waals surface area contributed by atoms with Crippen LogP contribution >= 0.6 is 11.6 Å². The van der Waals surface area contributed by atoms with E-state index in [9.17, 15) is 4.79 Å². The zero-order chi connectivity index (χ0) is 21.8. The van der Waals surface area contributed by atoms with E-state index >= 15 is 0 Å². The fraction of sp³-hybridized carbons (Fsp3) is 0.0909. The van der Waals surface area contributed by atoms with Gasteiger partial charge in [0.15, 0.2) is 5.82 Å². The summed E-state index contributed by atoms with van der Waals surface area (Å²) in [5.74, 6) is 1.52. The van der Waals surface area contributed by atoms with Crippen molar-refractivity contribution in [1.82, 2.24) is 20.0 Å². The van der Waals surface area contributed by atoms with E-state index in [1.54, 1.807) is 65.3 Å². The zero-order valence-corrected chi connectivity index (χ0v) is 17.6. The molecule has 0 aliphatic heterocycles. The smallest absolute Gasteiger partial charge is 0.323 e. The molecule has 0 saturated carbocycles. The first kappa shape index (κ1) is 20.4. The Bertz CT molecular complexity index is 1210. The molecule has 4 rings (SSSR count). The standard InChI is InChI=1S/C22H19ClN6O2/c1-14-13-15(2)29(28-14)20-11-12-21(27-26-20)31-17-9-7-16(8-10-17)24-22(30)25-19-6-4-3-5-18(19)23/h3-13H,1-2H3,(H2,24,25,30). The number of aryl methyl sites for hydroxylation is 2. The lowest BCUT2D eigenvalue weighted by Crippen LogP contribution is -2.19. The van der Waals surface area contributed by atoms with Crippen molar-refractivity contribution in [3.63, 3.8) is 0 Å². The molecule has 8 nitrogen and oxygen atoms in total. The van der Waals surface area contributed by atoms with Crippen LogP contribution in [0.25, 0.3) is 5.82 Å². The molecule has 2 amide bonds. The molecule has 2 N–H and O–H groups in total. The number of rotatable bonds is 5. The molecular formula is C22H19ClN6O2. The number of urea groups is 1. The van der Waals surface area contributed by atoms with Crippen LogP contribution in [-0.4, -0.2) is 26.0 Å². The zero-order valence-electron chi connectivity index (χ0n) is 16.8. The summed E-state index contributed by atoms with van der Waals surface area (Å²) >= 11 is 6.05. The van der Waals surface area contributed by atoms with Gasteiger partial charge in [0.1, 0.15) is 5.75 Å². The number of hydrogen-bond acceptors (Lipinski definition) is 5. The Labute approximate surface area is 183 Å². The largest absolute Gasteiger partial charge is 0.438 e. The quantitative estimate of drug-likeness (QED) is 0.440. The molecule has 0 atom stereocenters. The van der Waals surface area contributed by atoms with Crippen molar-refractivity contribution >= 4 is 29.0 Å². The monoisotopic (exact) mass is 434 g/mol. The van der Waals surface area contributed by atoms with Gasteiger partial charge in [-0.05, 0) is 62.4 Å². The van der Waals surface area contributed by atoms with Gasteiger partial charge in [-0.1, -0.05) is 23.7 Å². The highest BCUT2D eigenvalue weighted by Crippen LogP contribution is 2.23. The van der Waals surface area contributed by atoms with Gasteiger partial charge >= 0.3 is 6.03 Å². The molecule has 2 heterocycles. The Hall–Kier alpha value is -3.91. The molecule has 4 aromatic rings. The second-order valence-electron chi connectivity index (χ2n) is 6.75. The van der Waals surface area contributed by atoms with Crippen molar-refractivity contribution in [2.45, 2.75) is 13.8 Å². The van der Waals surface area contributed by atoms with E-state index in [2.05, 4.69) is 25.9 Å². The van der Waals surface area contributed by atoms with E-state index in [0.29, 0.717) is 33.8 Å². The first-order valence-corrected chi connectivity index (χ1v) is 9.83. The maximum absolute atomic E-state index is 12.1. The molecule has 156 valence electrons. The van der Waals surface area contributed by atoms with Crippen molar-refractivity contribution in [2.24, 2.45) is 0 Å². The van der Waals surface area contributed by atoms with Crippen molar-refractivity contribution in [2.75, 3.05) is 10.6 Å². The summed E-state index contributed by atoms with van der Waals surface area (Å²) < 4.78 is 7.45. The summed E-state index contributed by atoms with van der Waals surface area (Å²) in [6.45, 7) is 3.88. The van der Waals surface area contributed by atoms with Gasteiger partial charge in [0.05, 0.1) is 16.4 Å². The molecule has 2 aromatic carbocycles. The lowest BCUT2D eigenvalue weighted by atomic mass is 10.3. The molecular weight excluding hydrogens is 416 g/mol. The van der Waals surface area contributed by atoms with E-state index < -0.39 is 6.03 Å². The van der Waals surface area contributed by atoms with Gasteiger partial charge in [0.25, 0.3) is 0 Å². The van der Waals surface area contributed by atoms with Gasteiger partial charge in [-0.25, -0.2) is 9.48 Å². The van der Waals surface area contributed by atoms with Crippen LogP contribution in [0.5, 0.6) is 11.6 Å². The number of carbonyl (C=O) groups excluding carboxylic acids is 1. The van der Waals surface area contributed by atoms with E-state index in [1.165, 1.54) is 0 Å². The first-order chi connectivity index (χ1) is 15.0. The SMILES string of the molecule is Cc1cc(C)n(-c2ccc(Oc3ccc(NC(=O)Nc4ccccc4Cl)cc3)nn2)n1. The van der Waals surface area contributed by atoms with Gasteiger partial charge in [-0.15, -0.1) is 10.2 Å². The highest BCUT2D eigenvalue weighted by molar-refractivity contribution is 6.33. The Morgan fingerprint density at radius 1 is 0.968 bits per heavy atom. The fourth-order valence-electron chi connectivity index (χ4n) is 2.92. The molecule has 31 heavy (non-hydrogen) atoms. The Morgan fingerprint density at radius 3 is 2.39 bits per heavy atom. The Morgan fingerprint density at radius 2 is 1.74 bits per heavy atom. The summed E-state index contributed by atoms with van der Waals surface area (Å²) in [4.78, 5) is 12.1. The molecule has 0 aliphatic carbocycles. The van der Waals surface area contributed by atoms with Crippen molar-refractivity contribution in [3.05, 3.63) is 83.1 Å². The number of nitrogens with one attached hydrogen (secondary N) is 2. The third kappa shape index (κ3) is 4.99. The maximum atomic E-state index is 12.1. The summed E-state index contributed by atoms with van der Waals surface area (Å²) in [6, 6.07) is 19.0. The number of anilines is 2. The van der Waals surface area contributed by atoms with Crippen LogP contribution in [0.1, 0.15) is 11.4 Å². The summed E-state index contributed by atoms with van der Waals surface area (Å²) in [5, 5.41) is 18.6. The summed E-state index contributed by atoms with van der Waals surface area (Å²) in [7, 11) is 0. The van der Waals surface area contributed by atoms with E-state index in [1.807, 2.05) is 19.9 Å². The number of hydrogen-bond donors (Lipinski definition) is 2. The minimum absolute atomic E-state index is 0.349. The van der Waals surface area contributed by atoms with Gasteiger partial charge in [0.2, 0.25) is 5.88 Å². The number of halogens is 1. The van der Waals surface area contributed by atoms with Gasteiger partial charge < -0.3 is 15.4 Å². The third-order valence-corrected chi connectivity index (χ3v) is 4.64. The molecule has 2 aromatic heterocycles. The molecule has 0 aliphatic rings. The predicted octanol–water partition coefficient (Wildman–Crippen LogP) is 5.37. The van der Waals surface area contributed by atoms with Gasteiger partial charge in [-0.3, -0.25) is 0 Å². The van der Waals surface area contributed by atoms with Gasteiger partial charge in [-0.2, -0.15) is 5.10 Å². The molecule has 0 spiro atoms. The summed E-state index contributed by atoms with van der Waals surface area (Å²) in [6.07, 6.45) is 0. The number of aromatic nitrogens is 4. The van der Waals surface area contributed by atoms with Crippen LogP contribution in [0.3, 0.4) is 0 Å². The van der Waals surface area contributed by atoms with Crippen LogP contribution in [0.15, 0.2) is 66.7 Å². The lowest BCUT2D eigenvalue weighted by molar-refractivity contribution is 0.262. The molecule has 0 bridgehead atoms.